The molecule has 2 aromatic rings. The third kappa shape index (κ3) is 4.72. The lowest BCUT2D eigenvalue weighted by atomic mass is 9.92. The van der Waals surface area contributed by atoms with E-state index in [1.807, 2.05) is 18.2 Å². The second kappa shape index (κ2) is 8.19. The van der Waals surface area contributed by atoms with Gasteiger partial charge >= 0.3 is 0 Å². The molecule has 1 nitrogen and oxygen atoms in total. The van der Waals surface area contributed by atoms with Gasteiger partial charge in [-0.05, 0) is 42.3 Å². The number of hydrogen-bond donors (Lipinski definition) is 1. The fraction of sp³-hybridized carbons (Fsp3) is 0.294. The monoisotopic (exact) mass is 385 g/mol. The van der Waals surface area contributed by atoms with E-state index in [1.54, 1.807) is 0 Å². The summed E-state index contributed by atoms with van der Waals surface area (Å²) in [5, 5.41) is 4.71. The Labute approximate surface area is 144 Å². The van der Waals surface area contributed by atoms with Gasteiger partial charge in [0, 0.05) is 16.9 Å². The van der Waals surface area contributed by atoms with Crippen LogP contribution in [0.2, 0.25) is 10.0 Å². The SMILES string of the molecule is CCNCC(Cc1cccc(Cl)c1Cl)c1ccc(Br)cc1. The van der Waals surface area contributed by atoms with Crippen molar-refractivity contribution in [3.63, 3.8) is 0 Å². The normalized spacial score (nSPS) is 12.4. The van der Waals surface area contributed by atoms with Crippen LogP contribution in [-0.4, -0.2) is 13.1 Å². The van der Waals surface area contributed by atoms with Crippen LogP contribution in [0.15, 0.2) is 46.9 Å². The second-order valence-corrected chi connectivity index (χ2v) is 6.67. The van der Waals surface area contributed by atoms with Gasteiger partial charge in [0.05, 0.1) is 10.0 Å². The lowest BCUT2D eigenvalue weighted by molar-refractivity contribution is 0.595. The number of likely N-dealkylation sites (N-methyl/N-ethyl adjacent to an activating group) is 1. The van der Waals surface area contributed by atoms with Gasteiger partial charge in [0.15, 0.2) is 0 Å². The molecule has 2 aromatic carbocycles. The number of halogens is 3. The van der Waals surface area contributed by atoms with E-state index in [0.29, 0.717) is 16.0 Å². The summed E-state index contributed by atoms with van der Waals surface area (Å²) in [5.74, 6) is 0.369. The molecule has 0 saturated heterocycles. The lowest BCUT2D eigenvalue weighted by Crippen LogP contribution is -2.22. The van der Waals surface area contributed by atoms with E-state index in [9.17, 15) is 0 Å². The molecule has 21 heavy (non-hydrogen) atoms. The van der Waals surface area contributed by atoms with Gasteiger partial charge < -0.3 is 5.32 Å². The van der Waals surface area contributed by atoms with Crippen LogP contribution >= 0.6 is 39.1 Å². The summed E-state index contributed by atoms with van der Waals surface area (Å²) in [4.78, 5) is 0. The molecule has 0 fully saturated rings. The number of nitrogens with one attached hydrogen (secondary N) is 1. The Balaban J connectivity index is 2.23. The van der Waals surface area contributed by atoms with Crippen molar-refractivity contribution in [3.8, 4) is 0 Å². The van der Waals surface area contributed by atoms with E-state index in [1.165, 1.54) is 5.56 Å². The van der Waals surface area contributed by atoms with Crippen LogP contribution in [0.4, 0.5) is 0 Å². The minimum Gasteiger partial charge on any atom is -0.316 e. The largest absolute Gasteiger partial charge is 0.316 e. The smallest absolute Gasteiger partial charge is 0.0624 e. The van der Waals surface area contributed by atoms with Gasteiger partial charge in [-0.3, -0.25) is 0 Å². The highest BCUT2D eigenvalue weighted by Gasteiger charge is 2.15. The summed E-state index contributed by atoms with van der Waals surface area (Å²) in [5.41, 5.74) is 2.39. The van der Waals surface area contributed by atoms with Crippen LogP contribution in [0.1, 0.15) is 24.0 Å². The van der Waals surface area contributed by atoms with E-state index in [4.69, 9.17) is 23.2 Å². The summed E-state index contributed by atoms with van der Waals surface area (Å²) >= 11 is 15.9. The Kier molecular flexibility index (Phi) is 6.56. The third-order valence-corrected chi connectivity index (χ3v) is 4.87. The fourth-order valence-electron chi connectivity index (χ4n) is 2.33. The molecule has 1 unspecified atom stereocenters. The van der Waals surface area contributed by atoms with Gasteiger partial charge in [0.2, 0.25) is 0 Å². The van der Waals surface area contributed by atoms with Gasteiger partial charge in [0.1, 0.15) is 0 Å². The standard InChI is InChI=1S/C17H18BrCl2N/c1-2-21-11-14(12-6-8-15(18)9-7-12)10-13-4-3-5-16(19)17(13)20/h3-9,14,21H,2,10-11H2,1H3. The minimum absolute atomic E-state index is 0.369. The lowest BCUT2D eigenvalue weighted by Gasteiger charge is -2.19. The van der Waals surface area contributed by atoms with Crippen LogP contribution in [0, 0.1) is 0 Å². The van der Waals surface area contributed by atoms with Crippen LogP contribution in [0.5, 0.6) is 0 Å². The summed E-state index contributed by atoms with van der Waals surface area (Å²) in [6.45, 7) is 3.99. The Morgan fingerprint density at radius 1 is 1.10 bits per heavy atom. The summed E-state index contributed by atoms with van der Waals surface area (Å²) in [6.07, 6.45) is 0.869. The maximum absolute atomic E-state index is 6.32. The van der Waals surface area contributed by atoms with Crippen molar-refractivity contribution in [3.05, 3.63) is 68.1 Å². The van der Waals surface area contributed by atoms with Crippen LogP contribution in [0.25, 0.3) is 0 Å². The van der Waals surface area contributed by atoms with E-state index in [2.05, 4.69) is 52.4 Å². The first-order valence-electron chi connectivity index (χ1n) is 7.01. The topological polar surface area (TPSA) is 12.0 Å². The van der Waals surface area contributed by atoms with E-state index >= 15 is 0 Å². The molecular formula is C17H18BrCl2N. The van der Waals surface area contributed by atoms with Gasteiger partial charge in [-0.15, -0.1) is 0 Å². The zero-order valence-electron chi connectivity index (χ0n) is 11.9. The Morgan fingerprint density at radius 2 is 1.81 bits per heavy atom. The average Bonchev–Trinajstić information content (AvgIpc) is 2.49. The molecule has 0 aliphatic rings. The first-order valence-corrected chi connectivity index (χ1v) is 8.55. The molecule has 0 spiro atoms. The maximum Gasteiger partial charge on any atom is 0.0624 e. The molecule has 0 bridgehead atoms. The molecule has 0 aromatic heterocycles. The van der Waals surface area contributed by atoms with Gasteiger partial charge in [-0.2, -0.15) is 0 Å². The molecule has 0 aliphatic heterocycles. The van der Waals surface area contributed by atoms with Crippen LogP contribution < -0.4 is 5.32 Å². The highest BCUT2D eigenvalue weighted by Crippen LogP contribution is 2.30. The van der Waals surface area contributed by atoms with Gasteiger partial charge in [-0.25, -0.2) is 0 Å². The predicted molar refractivity (Wildman–Crippen MR) is 95.6 cm³/mol. The number of benzene rings is 2. The second-order valence-electron chi connectivity index (χ2n) is 4.97. The molecule has 0 amide bonds. The summed E-state index contributed by atoms with van der Waals surface area (Å²) < 4.78 is 1.09. The molecule has 0 heterocycles. The molecular weight excluding hydrogens is 369 g/mol. The highest BCUT2D eigenvalue weighted by molar-refractivity contribution is 9.10. The zero-order chi connectivity index (χ0) is 15.2. The third-order valence-electron chi connectivity index (χ3n) is 3.48. The molecule has 4 heteroatoms. The van der Waals surface area contributed by atoms with Crippen molar-refractivity contribution in [2.24, 2.45) is 0 Å². The zero-order valence-corrected chi connectivity index (χ0v) is 15.0. The van der Waals surface area contributed by atoms with Gasteiger partial charge in [0.25, 0.3) is 0 Å². The van der Waals surface area contributed by atoms with E-state index in [-0.39, 0.29) is 0 Å². The quantitative estimate of drug-likeness (QED) is 0.672. The predicted octanol–water partition coefficient (Wildman–Crippen LogP) is 5.69. The molecule has 0 saturated carbocycles. The fourth-order valence-corrected chi connectivity index (χ4v) is 2.99. The van der Waals surface area contributed by atoms with Crippen molar-refractivity contribution in [2.45, 2.75) is 19.3 Å². The minimum atomic E-state index is 0.369. The Bertz CT molecular complexity index is 584. The molecule has 112 valence electrons. The van der Waals surface area contributed by atoms with E-state index < -0.39 is 0 Å². The Hall–Kier alpha value is -0.540. The molecule has 1 atom stereocenters. The van der Waals surface area contributed by atoms with Crippen molar-refractivity contribution >= 4 is 39.1 Å². The van der Waals surface area contributed by atoms with Crippen LogP contribution in [0.3, 0.4) is 0 Å². The van der Waals surface area contributed by atoms with Gasteiger partial charge in [-0.1, -0.05) is 70.3 Å². The summed E-state index contributed by atoms with van der Waals surface area (Å²) in [7, 11) is 0. The number of rotatable bonds is 6. The highest BCUT2D eigenvalue weighted by atomic mass is 79.9. The first-order chi connectivity index (χ1) is 10.1. The molecule has 0 radical (unpaired) electrons. The average molecular weight is 387 g/mol. The van der Waals surface area contributed by atoms with Crippen molar-refractivity contribution in [1.82, 2.24) is 5.32 Å². The number of hydrogen-bond acceptors (Lipinski definition) is 1. The van der Waals surface area contributed by atoms with Crippen molar-refractivity contribution in [1.29, 1.82) is 0 Å². The van der Waals surface area contributed by atoms with Crippen LogP contribution in [-0.2, 0) is 6.42 Å². The molecule has 1 N–H and O–H groups in total. The van der Waals surface area contributed by atoms with Crippen molar-refractivity contribution < 1.29 is 0 Å². The molecule has 2 rings (SSSR count). The van der Waals surface area contributed by atoms with E-state index in [0.717, 1.165) is 29.5 Å². The first kappa shape index (κ1) is 16.8. The molecule has 0 aliphatic carbocycles. The maximum atomic E-state index is 6.32. The van der Waals surface area contributed by atoms with Crippen molar-refractivity contribution in [2.75, 3.05) is 13.1 Å². The Morgan fingerprint density at radius 3 is 2.48 bits per heavy atom. The summed E-state index contributed by atoms with van der Waals surface area (Å²) in [6, 6.07) is 14.3.